The molecule has 2 N–H and O–H groups in total. The van der Waals surface area contributed by atoms with E-state index >= 15 is 0 Å². The Morgan fingerprint density at radius 1 is 1.20 bits per heavy atom. The van der Waals surface area contributed by atoms with Crippen LogP contribution in [-0.4, -0.2) is 31.8 Å². The van der Waals surface area contributed by atoms with Gasteiger partial charge in [0.05, 0.1) is 5.92 Å². The molecule has 2 rings (SSSR count). The van der Waals surface area contributed by atoms with Gasteiger partial charge in [0.1, 0.15) is 5.82 Å². The zero-order chi connectivity index (χ0) is 18.3. The van der Waals surface area contributed by atoms with Gasteiger partial charge in [-0.3, -0.25) is 4.99 Å². The Bertz CT molecular complexity index is 564. The van der Waals surface area contributed by atoms with Crippen LogP contribution in [0.2, 0.25) is 0 Å². The Hall–Kier alpha value is -1.79. The largest absolute Gasteiger partial charge is 0.391 e. The van der Waals surface area contributed by atoms with E-state index in [4.69, 9.17) is 0 Å². The molecule has 1 aromatic carbocycles. The molecule has 1 aliphatic rings. The number of nitrogens with zero attached hydrogens (tertiary/aromatic N) is 1. The van der Waals surface area contributed by atoms with Crippen molar-refractivity contribution in [3.63, 3.8) is 0 Å². The number of aryl methyl sites for hydroxylation is 1. The summed E-state index contributed by atoms with van der Waals surface area (Å²) in [6.07, 6.45) is -1.21. The fourth-order valence-electron chi connectivity index (χ4n) is 3.14. The van der Waals surface area contributed by atoms with Gasteiger partial charge in [0.15, 0.2) is 5.96 Å². The molecule has 0 heterocycles. The van der Waals surface area contributed by atoms with Crippen LogP contribution in [0.4, 0.5) is 17.6 Å². The van der Waals surface area contributed by atoms with Crippen LogP contribution < -0.4 is 10.6 Å². The maximum absolute atomic E-state index is 13.1. The van der Waals surface area contributed by atoms with E-state index in [0.717, 1.165) is 18.4 Å². The molecule has 0 bridgehead atoms. The van der Waals surface area contributed by atoms with E-state index in [2.05, 4.69) is 15.6 Å². The fourth-order valence-corrected chi connectivity index (χ4v) is 3.14. The zero-order valence-electron chi connectivity index (χ0n) is 14.4. The lowest BCUT2D eigenvalue weighted by molar-refractivity contribution is -0.182. The average Bonchev–Trinajstić information content (AvgIpc) is 2.57. The van der Waals surface area contributed by atoms with E-state index < -0.39 is 12.1 Å². The fraction of sp³-hybridized carbons (Fsp3) is 0.611. The molecular weight excluding hydrogens is 334 g/mol. The molecule has 25 heavy (non-hydrogen) atoms. The van der Waals surface area contributed by atoms with Gasteiger partial charge in [-0.25, -0.2) is 4.39 Å². The van der Waals surface area contributed by atoms with E-state index in [0.29, 0.717) is 25.3 Å². The predicted octanol–water partition coefficient (Wildman–Crippen LogP) is 4.04. The molecule has 140 valence electrons. The highest BCUT2D eigenvalue weighted by molar-refractivity contribution is 5.79. The van der Waals surface area contributed by atoms with Crippen molar-refractivity contribution in [1.29, 1.82) is 0 Å². The molecule has 0 amide bonds. The predicted molar refractivity (Wildman–Crippen MR) is 91.0 cm³/mol. The third-order valence-corrected chi connectivity index (χ3v) is 4.58. The Balaban J connectivity index is 1.67. The Kier molecular flexibility index (Phi) is 7.08. The first-order valence-corrected chi connectivity index (χ1v) is 8.67. The van der Waals surface area contributed by atoms with Gasteiger partial charge in [-0.15, -0.1) is 0 Å². The number of hydrogen-bond donors (Lipinski definition) is 2. The summed E-state index contributed by atoms with van der Waals surface area (Å²) in [7, 11) is 1.64. The van der Waals surface area contributed by atoms with Gasteiger partial charge in [-0.1, -0.05) is 12.1 Å². The number of benzene rings is 1. The lowest BCUT2D eigenvalue weighted by Gasteiger charge is -2.31. The summed E-state index contributed by atoms with van der Waals surface area (Å²) < 4.78 is 51.2. The van der Waals surface area contributed by atoms with Crippen molar-refractivity contribution in [2.24, 2.45) is 10.9 Å². The Morgan fingerprint density at radius 2 is 1.92 bits per heavy atom. The second-order valence-corrected chi connectivity index (χ2v) is 6.47. The summed E-state index contributed by atoms with van der Waals surface area (Å²) in [5.41, 5.74) is 0.940. The van der Waals surface area contributed by atoms with Crippen molar-refractivity contribution in [3.8, 4) is 0 Å². The highest BCUT2D eigenvalue weighted by Gasteiger charge is 2.41. The Labute approximate surface area is 145 Å². The van der Waals surface area contributed by atoms with Gasteiger partial charge < -0.3 is 10.6 Å². The smallest absolute Gasteiger partial charge is 0.356 e. The maximum atomic E-state index is 13.1. The van der Waals surface area contributed by atoms with E-state index in [-0.39, 0.29) is 24.7 Å². The first-order chi connectivity index (χ1) is 11.9. The highest BCUT2D eigenvalue weighted by atomic mass is 19.4. The minimum Gasteiger partial charge on any atom is -0.356 e. The summed E-state index contributed by atoms with van der Waals surface area (Å²) in [5.74, 6) is -0.807. The summed E-state index contributed by atoms with van der Waals surface area (Å²) >= 11 is 0. The normalized spacial score (nSPS) is 21.9. The van der Waals surface area contributed by atoms with Crippen molar-refractivity contribution < 1.29 is 17.6 Å². The standard InChI is InChI=1S/C18H25F4N3/c1-23-17(24-11-3-5-13-4-2-6-15(19)12-13)25-16-9-7-14(8-10-16)18(20,21)22/h2,4,6,12,14,16H,3,5,7-11H2,1H3,(H2,23,24,25). The van der Waals surface area contributed by atoms with Crippen molar-refractivity contribution in [2.75, 3.05) is 13.6 Å². The van der Waals surface area contributed by atoms with E-state index in [1.807, 2.05) is 6.07 Å². The van der Waals surface area contributed by atoms with E-state index in [1.165, 1.54) is 12.1 Å². The minimum absolute atomic E-state index is 0.0213. The van der Waals surface area contributed by atoms with Gasteiger partial charge >= 0.3 is 6.18 Å². The topological polar surface area (TPSA) is 36.4 Å². The second kappa shape index (κ2) is 9.06. The minimum atomic E-state index is -4.08. The zero-order valence-corrected chi connectivity index (χ0v) is 14.4. The molecule has 0 radical (unpaired) electrons. The number of guanidine groups is 1. The average molecular weight is 359 g/mol. The van der Waals surface area contributed by atoms with Gasteiger partial charge in [0.2, 0.25) is 0 Å². The molecule has 3 nitrogen and oxygen atoms in total. The number of alkyl halides is 3. The number of nitrogens with one attached hydrogen (secondary N) is 2. The summed E-state index contributed by atoms with van der Waals surface area (Å²) in [6, 6.07) is 6.53. The van der Waals surface area contributed by atoms with E-state index in [9.17, 15) is 17.6 Å². The lowest BCUT2D eigenvalue weighted by atomic mass is 9.85. The van der Waals surface area contributed by atoms with Crippen LogP contribution in [-0.2, 0) is 6.42 Å². The van der Waals surface area contributed by atoms with Crippen LogP contribution in [0.3, 0.4) is 0 Å². The lowest BCUT2D eigenvalue weighted by Crippen LogP contribution is -2.46. The first-order valence-electron chi connectivity index (χ1n) is 8.67. The third kappa shape index (κ3) is 6.55. The molecule has 0 aliphatic heterocycles. The number of aliphatic imine (C=N–C) groups is 1. The molecular formula is C18H25F4N3. The number of hydrogen-bond acceptors (Lipinski definition) is 1. The molecule has 1 saturated carbocycles. The first kappa shape index (κ1) is 19.5. The summed E-state index contributed by atoms with van der Waals surface area (Å²) in [6.45, 7) is 0.661. The van der Waals surface area contributed by atoms with Crippen LogP contribution >= 0.6 is 0 Å². The van der Waals surface area contributed by atoms with Gasteiger partial charge in [-0.2, -0.15) is 13.2 Å². The van der Waals surface area contributed by atoms with Crippen molar-refractivity contribution in [1.82, 2.24) is 10.6 Å². The molecule has 1 fully saturated rings. The second-order valence-electron chi connectivity index (χ2n) is 6.47. The quantitative estimate of drug-likeness (QED) is 0.360. The summed E-state index contributed by atoms with van der Waals surface area (Å²) in [5, 5.41) is 6.36. The van der Waals surface area contributed by atoms with Crippen molar-refractivity contribution >= 4 is 5.96 Å². The molecule has 1 aliphatic carbocycles. The van der Waals surface area contributed by atoms with Crippen LogP contribution in [0.5, 0.6) is 0 Å². The molecule has 0 atom stereocenters. The molecule has 0 spiro atoms. The van der Waals surface area contributed by atoms with Gasteiger partial charge in [0, 0.05) is 19.6 Å². The molecule has 0 aromatic heterocycles. The van der Waals surface area contributed by atoms with Crippen LogP contribution in [0.15, 0.2) is 29.3 Å². The molecule has 1 aromatic rings. The molecule has 0 saturated heterocycles. The molecule has 7 heteroatoms. The maximum Gasteiger partial charge on any atom is 0.391 e. The van der Waals surface area contributed by atoms with Crippen molar-refractivity contribution in [2.45, 2.75) is 50.7 Å². The number of rotatable bonds is 5. The monoisotopic (exact) mass is 359 g/mol. The van der Waals surface area contributed by atoms with Gasteiger partial charge in [-0.05, 0) is 56.2 Å². The SMILES string of the molecule is CN=C(NCCCc1cccc(F)c1)NC1CCC(C(F)(F)F)CC1. The summed E-state index contributed by atoms with van der Waals surface area (Å²) in [4.78, 5) is 4.12. The van der Waals surface area contributed by atoms with Crippen LogP contribution in [0, 0.1) is 11.7 Å². The molecule has 0 unspecified atom stereocenters. The van der Waals surface area contributed by atoms with Crippen LogP contribution in [0.25, 0.3) is 0 Å². The third-order valence-electron chi connectivity index (χ3n) is 4.58. The Morgan fingerprint density at radius 3 is 2.52 bits per heavy atom. The highest BCUT2D eigenvalue weighted by Crippen LogP contribution is 2.37. The number of halogens is 4. The van der Waals surface area contributed by atoms with E-state index in [1.54, 1.807) is 13.1 Å². The van der Waals surface area contributed by atoms with Crippen molar-refractivity contribution in [3.05, 3.63) is 35.6 Å². The van der Waals surface area contributed by atoms with Crippen LogP contribution in [0.1, 0.15) is 37.7 Å². The van der Waals surface area contributed by atoms with Gasteiger partial charge in [0.25, 0.3) is 0 Å².